The molecule has 4 heteroatoms. The summed E-state index contributed by atoms with van der Waals surface area (Å²) in [6.45, 7) is 0. The number of carboxylic acid groups (broad SMARTS) is 1. The van der Waals surface area contributed by atoms with Gasteiger partial charge in [0.2, 0.25) is 0 Å². The minimum atomic E-state index is -0.956. The number of ether oxygens (including phenoxy) is 1. The summed E-state index contributed by atoms with van der Waals surface area (Å²) in [6.07, 6.45) is 2.25. The largest absolute Gasteiger partial charge is 0.490 e. The Hall–Kier alpha value is -1.71. The highest BCUT2D eigenvalue weighted by Gasteiger charge is 2.25. The van der Waals surface area contributed by atoms with Crippen LogP contribution in [-0.4, -0.2) is 24.2 Å². The summed E-state index contributed by atoms with van der Waals surface area (Å²) in [4.78, 5) is 11.0. The van der Waals surface area contributed by atoms with Gasteiger partial charge in [0, 0.05) is 12.7 Å². The Morgan fingerprint density at radius 1 is 1.53 bits per heavy atom. The smallest absolute Gasteiger partial charge is 0.339 e. The van der Waals surface area contributed by atoms with E-state index in [0.717, 1.165) is 18.5 Å². The van der Waals surface area contributed by atoms with Crippen LogP contribution in [0.5, 0.6) is 5.75 Å². The number of benzene rings is 1. The third kappa shape index (κ3) is 2.21. The highest BCUT2D eigenvalue weighted by Crippen LogP contribution is 2.30. The van der Waals surface area contributed by atoms with E-state index in [4.69, 9.17) is 9.84 Å². The topological polar surface area (TPSA) is 58.6 Å². The van der Waals surface area contributed by atoms with Gasteiger partial charge in [-0.05, 0) is 31.0 Å². The highest BCUT2D eigenvalue weighted by atomic mass is 16.5. The maximum absolute atomic E-state index is 11.0. The van der Waals surface area contributed by atoms with E-state index in [9.17, 15) is 4.79 Å². The van der Waals surface area contributed by atoms with Crippen molar-refractivity contribution in [3.05, 3.63) is 23.8 Å². The normalized spacial score (nSPS) is 14.7. The number of hydrogen-bond donors (Lipinski definition) is 2. The van der Waals surface area contributed by atoms with Crippen molar-refractivity contribution >= 4 is 11.7 Å². The van der Waals surface area contributed by atoms with E-state index in [-0.39, 0.29) is 11.7 Å². The second kappa shape index (κ2) is 3.81. The summed E-state index contributed by atoms with van der Waals surface area (Å²) in [5, 5.41) is 11.9. The van der Waals surface area contributed by atoms with Crippen LogP contribution in [-0.2, 0) is 0 Å². The predicted molar refractivity (Wildman–Crippen MR) is 56.6 cm³/mol. The van der Waals surface area contributed by atoms with Crippen molar-refractivity contribution in [1.29, 1.82) is 0 Å². The van der Waals surface area contributed by atoms with Crippen molar-refractivity contribution < 1.29 is 14.6 Å². The fourth-order valence-corrected chi connectivity index (χ4v) is 1.32. The molecule has 15 heavy (non-hydrogen) atoms. The summed E-state index contributed by atoms with van der Waals surface area (Å²) in [5.74, 6) is -0.494. The average Bonchev–Trinajstić information content (AvgIpc) is 3.02. The number of nitrogens with one attached hydrogen (secondary N) is 1. The van der Waals surface area contributed by atoms with Crippen LogP contribution in [0, 0.1) is 0 Å². The standard InChI is InChI=1S/C11H13NO3/c1-12-7-2-5-10(15-8-3-4-8)9(6-7)11(13)14/h2,5-6,8,12H,3-4H2,1H3,(H,13,14). The van der Waals surface area contributed by atoms with Gasteiger partial charge in [-0.3, -0.25) is 0 Å². The van der Waals surface area contributed by atoms with Gasteiger partial charge in [-0.1, -0.05) is 0 Å². The van der Waals surface area contributed by atoms with Gasteiger partial charge in [-0.2, -0.15) is 0 Å². The quantitative estimate of drug-likeness (QED) is 0.792. The number of carbonyl (C=O) groups is 1. The van der Waals surface area contributed by atoms with Crippen molar-refractivity contribution in [3.63, 3.8) is 0 Å². The zero-order chi connectivity index (χ0) is 10.8. The lowest BCUT2D eigenvalue weighted by Gasteiger charge is -2.09. The molecule has 0 aromatic heterocycles. The van der Waals surface area contributed by atoms with Gasteiger partial charge in [0.15, 0.2) is 0 Å². The molecule has 0 bridgehead atoms. The summed E-state index contributed by atoms with van der Waals surface area (Å²) in [6, 6.07) is 5.10. The number of anilines is 1. The first-order chi connectivity index (χ1) is 7.20. The molecule has 0 aliphatic heterocycles. The predicted octanol–water partition coefficient (Wildman–Crippen LogP) is 1.97. The van der Waals surface area contributed by atoms with Crippen molar-refractivity contribution in [2.24, 2.45) is 0 Å². The highest BCUT2D eigenvalue weighted by molar-refractivity contribution is 5.92. The SMILES string of the molecule is CNc1ccc(OC2CC2)c(C(=O)O)c1. The summed E-state index contributed by atoms with van der Waals surface area (Å²) in [5.41, 5.74) is 0.990. The molecule has 0 radical (unpaired) electrons. The first kappa shape index (κ1) is 9.83. The van der Waals surface area contributed by atoms with E-state index in [1.54, 1.807) is 19.2 Å². The van der Waals surface area contributed by atoms with E-state index >= 15 is 0 Å². The monoisotopic (exact) mass is 207 g/mol. The van der Waals surface area contributed by atoms with Crippen LogP contribution in [0.4, 0.5) is 5.69 Å². The van der Waals surface area contributed by atoms with Crippen LogP contribution in [0.3, 0.4) is 0 Å². The van der Waals surface area contributed by atoms with Crippen molar-refractivity contribution in [1.82, 2.24) is 0 Å². The molecule has 4 nitrogen and oxygen atoms in total. The minimum absolute atomic E-state index is 0.212. The summed E-state index contributed by atoms with van der Waals surface area (Å²) in [7, 11) is 1.75. The second-order valence-corrected chi connectivity index (χ2v) is 3.58. The van der Waals surface area contributed by atoms with Crippen LogP contribution >= 0.6 is 0 Å². The van der Waals surface area contributed by atoms with E-state index in [2.05, 4.69) is 5.32 Å². The van der Waals surface area contributed by atoms with Crippen LogP contribution in [0.15, 0.2) is 18.2 Å². The average molecular weight is 207 g/mol. The molecule has 1 aromatic rings. The molecular formula is C11H13NO3. The maximum atomic E-state index is 11.0. The van der Waals surface area contributed by atoms with E-state index < -0.39 is 5.97 Å². The van der Waals surface area contributed by atoms with Crippen molar-refractivity contribution in [2.75, 3.05) is 12.4 Å². The van der Waals surface area contributed by atoms with Gasteiger partial charge in [0.25, 0.3) is 0 Å². The lowest BCUT2D eigenvalue weighted by atomic mass is 10.2. The van der Waals surface area contributed by atoms with Crippen molar-refractivity contribution in [2.45, 2.75) is 18.9 Å². The molecule has 1 aromatic carbocycles. The Labute approximate surface area is 87.9 Å². The number of rotatable bonds is 4. The molecule has 0 amide bonds. The third-order valence-corrected chi connectivity index (χ3v) is 2.32. The van der Waals surface area contributed by atoms with Gasteiger partial charge >= 0.3 is 5.97 Å². The maximum Gasteiger partial charge on any atom is 0.339 e. The number of aromatic carboxylic acids is 1. The molecule has 80 valence electrons. The first-order valence-corrected chi connectivity index (χ1v) is 4.92. The summed E-state index contributed by atoms with van der Waals surface area (Å²) >= 11 is 0. The van der Waals surface area contributed by atoms with Crippen LogP contribution in [0.2, 0.25) is 0 Å². The summed E-state index contributed by atoms with van der Waals surface area (Å²) < 4.78 is 5.51. The lowest BCUT2D eigenvalue weighted by molar-refractivity contribution is 0.0692. The Morgan fingerprint density at radius 3 is 2.80 bits per heavy atom. The second-order valence-electron chi connectivity index (χ2n) is 3.58. The Bertz CT molecular complexity index is 385. The zero-order valence-electron chi connectivity index (χ0n) is 8.49. The molecule has 1 fully saturated rings. The molecular weight excluding hydrogens is 194 g/mol. The van der Waals surface area contributed by atoms with Gasteiger partial charge in [0.1, 0.15) is 11.3 Å². The first-order valence-electron chi connectivity index (χ1n) is 4.92. The minimum Gasteiger partial charge on any atom is -0.490 e. The molecule has 0 atom stereocenters. The van der Waals surface area contributed by atoms with Crippen LogP contribution in [0.1, 0.15) is 23.2 Å². The molecule has 1 aliphatic rings. The van der Waals surface area contributed by atoms with E-state index in [1.165, 1.54) is 0 Å². The molecule has 0 heterocycles. The number of carboxylic acids is 1. The van der Waals surface area contributed by atoms with Gasteiger partial charge in [-0.15, -0.1) is 0 Å². The Balaban J connectivity index is 2.29. The molecule has 0 saturated heterocycles. The van der Waals surface area contributed by atoms with Gasteiger partial charge in [0.05, 0.1) is 6.10 Å². The molecule has 2 N–H and O–H groups in total. The van der Waals surface area contributed by atoms with Crippen LogP contribution < -0.4 is 10.1 Å². The van der Waals surface area contributed by atoms with Gasteiger partial charge < -0.3 is 15.2 Å². The molecule has 0 unspecified atom stereocenters. The Kier molecular flexibility index (Phi) is 2.49. The zero-order valence-corrected chi connectivity index (χ0v) is 8.49. The molecule has 1 saturated carbocycles. The van der Waals surface area contributed by atoms with E-state index in [1.807, 2.05) is 6.07 Å². The molecule has 1 aliphatic carbocycles. The van der Waals surface area contributed by atoms with Crippen molar-refractivity contribution in [3.8, 4) is 5.75 Å². The fourth-order valence-electron chi connectivity index (χ4n) is 1.32. The molecule has 2 rings (SSSR count). The Morgan fingerprint density at radius 2 is 2.27 bits per heavy atom. The fraction of sp³-hybridized carbons (Fsp3) is 0.364. The lowest BCUT2D eigenvalue weighted by Crippen LogP contribution is -2.05. The van der Waals surface area contributed by atoms with Gasteiger partial charge in [-0.25, -0.2) is 4.79 Å². The number of hydrogen-bond acceptors (Lipinski definition) is 3. The molecule has 0 spiro atoms. The van der Waals surface area contributed by atoms with Crippen LogP contribution in [0.25, 0.3) is 0 Å². The van der Waals surface area contributed by atoms with E-state index in [0.29, 0.717) is 5.75 Å². The third-order valence-electron chi connectivity index (χ3n) is 2.32.